The third-order valence-corrected chi connectivity index (χ3v) is 2.59. The topological polar surface area (TPSA) is 93.4 Å². The Kier molecular flexibility index (Phi) is 2.07. The second-order valence-electron chi connectivity index (χ2n) is 3.71. The van der Waals surface area contributed by atoms with Gasteiger partial charge in [0, 0.05) is 17.2 Å². The van der Waals surface area contributed by atoms with E-state index in [0.29, 0.717) is 41.7 Å². The van der Waals surface area contributed by atoms with Crippen LogP contribution in [-0.4, -0.2) is 28.5 Å². The zero-order valence-corrected chi connectivity index (χ0v) is 8.93. The zero-order valence-electron chi connectivity index (χ0n) is 8.93. The summed E-state index contributed by atoms with van der Waals surface area (Å²) < 4.78 is 11.0. The number of nitrogen functional groups attached to an aromatic ring is 1. The van der Waals surface area contributed by atoms with Gasteiger partial charge in [0.2, 0.25) is 0 Å². The highest BCUT2D eigenvalue weighted by molar-refractivity contribution is 5.81. The first-order valence-electron chi connectivity index (χ1n) is 5.17. The minimum absolute atomic E-state index is 0.102. The molecule has 17 heavy (non-hydrogen) atoms. The van der Waals surface area contributed by atoms with Crippen LogP contribution in [0.2, 0.25) is 0 Å². The summed E-state index contributed by atoms with van der Waals surface area (Å²) in [6, 6.07) is 3.10. The molecular formula is C11H11N3O3. The van der Waals surface area contributed by atoms with E-state index in [1.165, 1.54) is 6.07 Å². The summed E-state index contributed by atoms with van der Waals surface area (Å²) in [4.78, 5) is 0. The lowest BCUT2D eigenvalue weighted by molar-refractivity contribution is 0.171. The van der Waals surface area contributed by atoms with Crippen molar-refractivity contribution in [2.24, 2.45) is 0 Å². The van der Waals surface area contributed by atoms with E-state index in [4.69, 9.17) is 15.2 Å². The van der Waals surface area contributed by atoms with E-state index in [2.05, 4.69) is 10.2 Å². The SMILES string of the molecule is Nc1[nH]ncc1-c1cc(O)cc2c1OCCO2. The van der Waals surface area contributed by atoms with Gasteiger partial charge >= 0.3 is 0 Å². The quantitative estimate of drug-likeness (QED) is 0.686. The molecule has 0 radical (unpaired) electrons. The van der Waals surface area contributed by atoms with Crippen LogP contribution in [0.5, 0.6) is 17.2 Å². The van der Waals surface area contributed by atoms with Gasteiger partial charge in [-0.15, -0.1) is 0 Å². The van der Waals surface area contributed by atoms with Gasteiger partial charge in [-0.2, -0.15) is 5.10 Å². The van der Waals surface area contributed by atoms with Crippen molar-refractivity contribution in [1.29, 1.82) is 0 Å². The number of nitrogens with two attached hydrogens (primary N) is 1. The van der Waals surface area contributed by atoms with E-state index in [1.54, 1.807) is 12.3 Å². The average Bonchev–Trinajstić information content (AvgIpc) is 2.74. The van der Waals surface area contributed by atoms with Gasteiger partial charge in [-0.25, -0.2) is 0 Å². The second-order valence-corrected chi connectivity index (χ2v) is 3.71. The van der Waals surface area contributed by atoms with E-state index in [1.807, 2.05) is 0 Å². The summed E-state index contributed by atoms with van der Waals surface area (Å²) in [7, 11) is 0. The molecule has 0 fully saturated rings. The van der Waals surface area contributed by atoms with Crippen molar-refractivity contribution < 1.29 is 14.6 Å². The van der Waals surface area contributed by atoms with Crippen molar-refractivity contribution in [1.82, 2.24) is 10.2 Å². The fourth-order valence-corrected chi connectivity index (χ4v) is 1.85. The van der Waals surface area contributed by atoms with Crippen LogP contribution in [0.4, 0.5) is 5.82 Å². The van der Waals surface area contributed by atoms with Crippen molar-refractivity contribution in [3.63, 3.8) is 0 Å². The number of H-pyrrole nitrogens is 1. The molecule has 0 saturated carbocycles. The number of ether oxygens (including phenoxy) is 2. The Morgan fingerprint density at radius 1 is 1.24 bits per heavy atom. The molecule has 0 amide bonds. The molecule has 6 heteroatoms. The number of hydrogen-bond donors (Lipinski definition) is 3. The molecule has 0 saturated heterocycles. The van der Waals surface area contributed by atoms with Crippen LogP contribution in [0.25, 0.3) is 11.1 Å². The summed E-state index contributed by atoms with van der Waals surface area (Å²) in [6.07, 6.45) is 1.59. The largest absolute Gasteiger partial charge is 0.508 e. The summed E-state index contributed by atoms with van der Waals surface area (Å²) >= 11 is 0. The van der Waals surface area contributed by atoms with Crippen LogP contribution in [-0.2, 0) is 0 Å². The van der Waals surface area contributed by atoms with Crippen molar-refractivity contribution in [2.45, 2.75) is 0 Å². The van der Waals surface area contributed by atoms with Gasteiger partial charge in [-0.05, 0) is 6.07 Å². The molecule has 0 unspecified atom stereocenters. The Balaban J connectivity index is 2.22. The Bertz CT molecular complexity index is 565. The van der Waals surface area contributed by atoms with Gasteiger partial charge in [0.25, 0.3) is 0 Å². The smallest absolute Gasteiger partial charge is 0.169 e. The zero-order chi connectivity index (χ0) is 11.8. The number of aromatic nitrogens is 2. The van der Waals surface area contributed by atoms with E-state index in [-0.39, 0.29) is 5.75 Å². The third-order valence-electron chi connectivity index (χ3n) is 2.59. The fourth-order valence-electron chi connectivity index (χ4n) is 1.85. The fraction of sp³-hybridized carbons (Fsp3) is 0.182. The second kappa shape index (κ2) is 3.58. The van der Waals surface area contributed by atoms with Gasteiger partial charge in [0.1, 0.15) is 24.8 Å². The minimum atomic E-state index is 0.102. The number of phenolic OH excluding ortho intramolecular Hbond substituents is 1. The lowest BCUT2D eigenvalue weighted by Crippen LogP contribution is -2.15. The molecule has 2 heterocycles. The molecular weight excluding hydrogens is 222 g/mol. The lowest BCUT2D eigenvalue weighted by atomic mass is 10.1. The van der Waals surface area contributed by atoms with Crippen LogP contribution < -0.4 is 15.2 Å². The predicted molar refractivity (Wildman–Crippen MR) is 61.1 cm³/mol. The van der Waals surface area contributed by atoms with Gasteiger partial charge in [0.15, 0.2) is 11.5 Å². The number of rotatable bonds is 1. The molecule has 1 aromatic carbocycles. The summed E-state index contributed by atoms with van der Waals surface area (Å²) in [5.74, 6) is 1.63. The van der Waals surface area contributed by atoms with Crippen molar-refractivity contribution in [3.8, 4) is 28.4 Å². The minimum Gasteiger partial charge on any atom is -0.508 e. The summed E-state index contributed by atoms with van der Waals surface area (Å²) in [5, 5.41) is 16.1. The van der Waals surface area contributed by atoms with Gasteiger partial charge in [-0.1, -0.05) is 0 Å². The monoisotopic (exact) mass is 233 g/mol. The normalized spacial score (nSPS) is 13.6. The Morgan fingerprint density at radius 2 is 2.06 bits per heavy atom. The molecule has 0 spiro atoms. The van der Waals surface area contributed by atoms with Gasteiger partial charge in [-0.3, -0.25) is 5.10 Å². The van der Waals surface area contributed by atoms with Gasteiger partial charge < -0.3 is 20.3 Å². The standard InChI is InChI=1S/C11H11N3O3/c12-11-8(5-13-14-11)7-3-6(15)4-9-10(7)17-2-1-16-9/h3-5,15H,1-2H2,(H3,12,13,14). The van der Waals surface area contributed by atoms with Gasteiger partial charge in [0.05, 0.1) is 6.20 Å². The first-order chi connectivity index (χ1) is 8.25. The molecule has 0 bridgehead atoms. The molecule has 2 aromatic rings. The lowest BCUT2D eigenvalue weighted by Gasteiger charge is -2.21. The van der Waals surface area contributed by atoms with Crippen molar-refractivity contribution in [3.05, 3.63) is 18.3 Å². The van der Waals surface area contributed by atoms with E-state index < -0.39 is 0 Å². The first-order valence-corrected chi connectivity index (χ1v) is 5.17. The summed E-state index contributed by atoms with van der Waals surface area (Å²) in [5.41, 5.74) is 7.11. The molecule has 1 aliphatic heterocycles. The van der Waals surface area contributed by atoms with Crippen LogP contribution >= 0.6 is 0 Å². The first kappa shape index (κ1) is 9.83. The van der Waals surface area contributed by atoms with Crippen LogP contribution in [0.1, 0.15) is 0 Å². The number of benzene rings is 1. The predicted octanol–water partition coefficient (Wildman–Crippen LogP) is 1.14. The summed E-state index contributed by atoms with van der Waals surface area (Å²) in [6.45, 7) is 0.944. The highest BCUT2D eigenvalue weighted by Crippen LogP contribution is 2.43. The highest BCUT2D eigenvalue weighted by atomic mass is 16.6. The number of nitrogens with zero attached hydrogens (tertiary/aromatic N) is 1. The number of nitrogens with one attached hydrogen (secondary N) is 1. The van der Waals surface area contributed by atoms with Crippen molar-refractivity contribution in [2.75, 3.05) is 18.9 Å². The molecule has 1 aliphatic rings. The molecule has 88 valence electrons. The maximum absolute atomic E-state index is 9.65. The highest BCUT2D eigenvalue weighted by Gasteiger charge is 2.20. The van der Waals surface area contributed by atoms with Crippen molar-refractivity contribution >= 4 is 5.82 Å². The number of phenols is 1. The van der Waals surface area contributed by atoms with E-state index >= 15 is 0 Å². The number of aromatic hydroxyl groups is 1. The number of fused-ring (bicyclic) bond motifs is 1. The Labute approximate surface area is 97.0 Å². The molecule has 3 rings (SSSR count). The van der Waals surface area contributed by atoms with E-state index in [9.17, 15) is 5.11 Å². The molecule has 1 aromatic heterocycles. The molecule has 4 N–H and O–H groups in total. The Morgan fingerprint density at radius 3 is 2.82 bits per heavy atom. The molecule has 6 nitrogen and oxygen atoms in total. The average molecular weight is 233 g/mol. The van der Waals surface area contributed by atoms with E-state index in [0.717, 1.165) is 0 Å². The maximum Gasteiger partial charge on any atom is 0.169 e. The third kappa shape index (κ3) is 1.54. The van der Waals surface area contributed by atoms with Crippen LogP contribution in [0.3, 0.4) is 0 Å². The van der Waals surface area contributed by atoms with Crippen LogP contribution in [0, 0.1) is 0 Å². The van der Waals surface area contributed by atoms with Crippen LogP contribution in [0.15, 0.2) is 18.3 Å². The Hall–Kier alpha value is -2.37. The number of aromatic amines is 1. The molecule has 0 atom stereocenters. The number of hydrogen-bond acceptors (Lipinski definition) is 5. The maximum atomic E-state index is 9.65. The number of anilines is 1. The molecule has 0 aliphatic carbocycles.